The maximum absolute atomic E-state index is 10.4. The van der Waals surface area contributed by atoms with Crippen LogP contribution in [0.2, 0.25) is 0 Å². The minimum Gasteiger partial charge on any atom is -0.493 e. The van der Waals surface area contributed by atoms with Crippen LogP contribution in [0.5, 0.6) is 5.75 Å². The van der Waals surface area contributed by atoms with Gasteiger partial charge in [0.2, 0.25) is 0 Å². The molecular formula is C11H16N2O3. The average molecular weight is 224 g/mol. The molecule has 0 fully saturated rings. The van der Waals surface area contributed by atoms with Gasteiger partial charge >= 0.3 is 0 Å². The zero-order chi connectivity index (χ0) is 12.0. The highest BCUT2D eigenvalue weighted by atomic mass is 16.6. The van der Waals surface area contributed by atoms with E-state index >= 15 is 0 Å². The molecule has 5 heteroatoms. The van der Waals surface area contributed by atoms with E-state index in [-0.39, 0.29) is 5.69 Å². The largest absolute Gasteiger partial charge is 0.493 e. The number of hydrogen-bond donors (Lipinski definition) is 1. The van der Waals surface area contributed by atoms with E-state index in [1.807, 2.05) is 0 Å². The van der Waals surface area contributed by atoms with Gasteiger partial charge in [-0.3, -0.25) is 10.1 Å². The molecule has 0 bridgehead atoms. The smallest absolute Gasteiger partial charge is 0.269 e. The second-order valence-electron chi connectivity index (χ2n) is 3.74. The zero-order valence-electron chi connectivity index (χ0n) is 9.26. The zero-order valence-corrected chi connectivity index (χ0v) is 9.26. The number of nitro benzene ring substituents is 1. The molecule has 16 heavy (non-hydrogen) atoms. The first kappa shape index (κ1) is 12.4. The van der Waals surface area contributed by atoms with Gasteiger partial charge in [-0.15, -0.1) is 0 Å². The minimum atomic E-state index is -0.430. The third kappa shape index (κ3) is 3.86. The number of nitrogens with two attached hydrogens (primary N) is 1. The molecule has 0 heterocycles. The van der Waals surface area contributed by atoms with Crippen molar-refractivity contribution in [1.29, 1.82) is 0 Å². The van der Waals surface area contributed by atoms with Crippen LogP contribution in [0.3, 0.4) is 0 Å². The van der Waals surface area contributed by atoms with Gasteiger partial charge in [0.25, 0.3) is 5.69 Å². The van der Waals surface area contributed by atoms with Crippen LogP contribution in [0.1, 0.15) is 13.3 Å². The summed E-state index contributed by atoms with van der Waals surface area (Å²) in [6.07, 6.45) is 0.910. The van der Waals surface area contributed by atoms with E-state index < -0.39 is 4.92 Å². The van der Waals surface area contributed by atoms with Crippen LogP contribution in [0, 0.1) is 16.0 Å². The number of nitrogens with zero attached hydrogens (tertiary/aromatic N) is 1. The van der Waals surface area contributed by atoms with Crippen LogP contribution in [0.15, 0.2) is 24.3 Å². The van der Waals surface area contributed by atoms with Crippen molar-refractivity contribution in [3.63, 3.8) is 0 Å². The molecule has 88 valence electrons. The molecule has 0 aromatic heterocycles. The maximum Gasteiger partial charge on any atom is 0.269 e. The first-order valence-corrected chi connectivity index (χ1v) is 5.21. The van der Waals surface area contributed by atoms with Gasteiger partial charge in [0.15, 0.2) is 0 Å². The molecule has 0 spiro atoms. The standard InChI is InChI=1S/C11H16N2O3/c1-9(6-7-12)8-16-11-4-2-10(3-5-11)13(14)15/h2-5,9H,6-8,12H2,1H3/t9-/m0/s1. The Balaban J connectivity index is 2.46. The number of hydrogen-bond acceptors (Lipinski definition) is 4. The first-order chi connectivity index (χ1) is 7.63. The molecule has 2 N–H and O–H groups in total. The van der Waals surface area contributed by atoms with Crippen LogP contribution in [0.25, 0.3) is 0 Å². The van der Waals surface area contributed by atoms with Gasteiger partial charge in [-0.2, -0.15) is 0 Å². The first-order valence-electron chi connectivity index (χ1n) is 5.21. The van der Waals surface area contributed by atoms with E-state index in [2.05, 4.69) is 6.92 Å². The molecular weight excluding hydrogens is 208 g/mol. The molecule has 0 saturated heterocycles. The van der Waals surface area contributed by atoms with Crippen molar-refractivity contribution in [2.45, 2.75) is 13.3 Å². The fourth-order valence-corrected chi connectivity index (χ4v) is 1.27. The highest BCUT2D eigenvalue weighted by molar-refractivity contribution is 5.35. The second-order valence-corrected chi connectivity index (χ2v) is 3.74. The van der Waals surface area contributed by atoms with Gasteiger partial charge in [-0.1, -0.05) is 6.92 Å². The summed E-state index contributed by atoms with van der Waals surface area (Å²) in [7, 11) is 0. The topological polar surface area (TPSA) is 78.4 Å². The van der Waals surface area contributed by atoms with Crippen molar-refractivity contribution < 1.29 is 9.66 Å². The van der Waals surface area contributed by atoms with Crippen LogP contribution in [-0.4, -0.2) is 18.1 Å². The van der Waals surface area contributed by atoms with Crippen molar-refractivity contribution in [3.05, 3.63) is 34.4 Å². The van der Waals surface area contributed by atoms with Crippen LogP contribution >= 0.6 is 0 Å². The van der Waals surface area contributed by atoms with E-state index in [0.29, 0.717) is 24.8 Å². The summed E-state index contributed by atoms with van der Waals surface area (Å²) < 4.78 is 5.48. The lowest BCUT2D eigenvalue weighted by Crippen LogP contribution is -2.13. The number of ether oxygens (including phenoxy) is 1. The fourth-order valence-electron chi connectivity index (χ4n) is 1.27. The molecule has 0 amide bonds. The number of rotatable bonds is 6. The van der Waals surface area contributed by atoms with Gasteiger partial charge in [-0.05, 0) is 31.0 Å². The van der Waals surface area contributed by atoms with Gasteiger partial charge in [0, 0.05) is 12.1 Å². The number of non-ortho nitro benzene ring substituents is 1. The summed E-state index contributed by atoms with van der Waals surface area (Å²) in [6, 6.07) is 6.08. The predicted octanol–water partition coefficient (Wildman–Crippen LogP) is 1.96. The van der Waals surface area contributed by atoms with Gasteiger partial charge in [0.1, 0.15) is 5.75 Å². The maximum atomic E-state index is 10.4. The van der Waals surface area contributed by atoms with Crippen molar-refractivity contribution in [2.24, 2.45) is 11.7 Å². The third-order valence-electron chi connectivity index (χ3n) is 2.24. The molecule has 0 unspecified atom stereocenters. The summed E-state index contributed by atoms with van der Waals surface area (Å²) in [6.45, 7) is 3.28. The van der Waals surface area contributed by atoms with Crippen molar-refractivity contribution in [2.75, 3.05) is 13.2 Å². The van der Waals surface area contributed by atoms with Crippen LogP contribution in [-0.2, 0) is 0 Å². The van der Waals surface area contributed by atoms with Crippen molar-refractivity contribution in [3.8, 4) is 5.75 Å². The van der Waals surface area contributed by atoms with Gasteiger partial charge < -0.3 is 10.5 Å². The molecule has 5 nitrogen and oxygen atoms in total. The Kier molecular flexibility index (Phi) is 4.72. The molecule has 1 rings (SSSR count). The second kappa shape index (κ2) is 6.07. The Labute approximate surface area is 94.4 Å². The SMILES string of the molecule is C[C@@H](CCN)COc1ccc([N+](=O)[O-])cc1. The Morgan fingerprint density at radius 2 is 2.06 bits per heavy atom. The molecule has 0 saturated carbocycles. The number of nitro groups is 1. The highest BCUT2D eigenvalue weighted by Crippen LogP contribution is 2.18. The van der Waals surface area contributed by atoms with Crippen molar-refractivity contribution in [1.82, 2.24) is 0 Å². The van der Waals surface area contributed by atoms with Crippen molar-refractivity contribution >= 4 is 5.69 Å². The molecule has 1 aromatic rings. The molecule has 0 aliphatic carbocycles. The van der Waals surface area contributed by atoms with Gasteiger partial charge in [-0.25, -0.2) is 0 Å². The summed E-state index contributed by atoms with van der Waals surface area (Å²) in [5, 5.41) is 10.4. The van der Waals surface area contributed by atoms with E-state index in [4.69, 9.17) is 10.5 Å². The summed E-state index contributed by atoms with van der Waals surface area (Å²) in [5.41, 5.74) is 5.49. The van der Waals surface area contributed by atoms with Crippen LogP contribution in [0.4, 0.5) is 5.69 Å². The van der Waals surface area contributed by atoms with E-state index in [1.54, 1.807) is 12.1 Å². The lowest BCUT2D eigenvalue weighted by atomic mass is 10.1. The average Bonchev–Trinajstić information content (AvgIpc) is 2.27. The summed E-state index contributed by atoms with van der Waals surface area (Å²) >= 11 is 0. The van der Waals surface area contributed by atoms with Crippen LogP contribution < -0.4 is 10.5 Å². The third-order valence-corrected chi connectivity index (χ3v) is 2.24. The Morgan fingerprint density at radius 1 is 1.44 bits per heavy atom. The molecule has 0 aliphatic rings. The summed E-state index contributed by atoms with van der Waals surface area (Å²) in [5.74, 6) is 1.04. The molecule has 0 radical (unpaired) electrons. The molecule has 1 aromatic carbocycles. The lowest BCUT2D eigenvalue weighted by Gasteiger charge is -2.11. The normalized spacial score (nSPS) is 12.1. The quantitative estimate of drug-likeness (QED) is 0.591. The van der Waals surface area contributed by atoms with E-state index in [1.165, 1.54) is 12.1 Å². The summed E-state index contributed by atoms with van der Waals surface area (Å²) in [4.78, 5) is 9.98. The Bertz CT molecular complexity index is 338. The molecule has 1 atom stereocenters. The Hall–Kier alpha value is -1.62. The fraction of sp³-hybridized carbons (Fsp3) is 0.455. The van der Waals surface area contributed by atoms with E-state index in [9.17, 15) is 10.1 Å². The van der Waals surface area contributed by atoms with E-state index in [0.717, 1.165) is 6.42 Å². The minimum absolute atomic E-state index is 0.0716. The predicted molar refractivity (Wildman–Crippen MR) is 61.4 cm³/mol. The lowest BCUT2D eigenvalue weighted by molar-refractivity contribution is -0.384. The number of benzene rings is 1. The monoisotopic (exact) mass is 224 g/mol. The Morgan fingerprint density at radius 3 is 2.56 bits per heavy atom. The van der Waals surface area contributed by atoms with Gasteiger partial charge in [0.05, 0.1) is 11.5 Å². The highest BCUT2D eigenvalue weighted by Gasteiger charge is 2.05. The molecule has 0 aliphatic heterocycles.